The van der Waals surface area contributed by atoms with Crippen LogP contribution in [0.25, 0.3) is 0 Å². The monoisotopic (exact) mass is 302 g/mol. The number of hydrogen-bond acceptors (Lipinski definition) is 4. The average Bonchev–Trinajstić information content (AvgIpc) is 2.27. The number of halogens is 1. The van der Waals surface area contributed by atoms with Crippen LogP contribution in [-0.2, 0) is 0 Å². The second kappa shape index (κ2) is 5.46. The maximum Gasteiger partial charge on any atom is 0.339 e. The smallest absolute Gasteiger partial charge is 0.339 e. The fourth-order valence-corrected chi connectivity index (χ4v) is 1.47. The zero-order valence-electron chi connectivity index (χ0n) is 9.70. The van der Waals surface area contributed by atoms with Crippen LogP contribution in [0.1, 0.15) is 30.6 Å². The quantitative estimate of drug-likeness (QED) is 0.776. The summed E-state index contributed by atoms with van der Waals surface area (Å²) in [6.45, 7) is 3.78. The van der Waals surface area contributed by atoms with Crippen LogP contribution in [-0.4, -0.2) is 33.3 Å². The lowest BCUT2D eigenvalue weighted by Crippen LogP contribution is -2.33. The third kappa shape index (κ3) is 3.98. The predicted molar refractivity (Wildman–Crippen MR) is 68.3 cm³/mol. The Morgan fingerprint density at radius 2 is 2.29 bits per heavy atom. The molecule has 0 aliphatic carbocycles. The van der Waals surface area contributed by atoms with Crippen LogP contribution >= 0.6 is 15.9 Å². The topological polar surface area (TPSA) is 82.5 Å². The van der Waals surface area contributed by atoms with Gasteiger partial charge in [-0.3, -0.25) is 0 Å². The molecule has 6 heteroatoms. The number of carboxylic acids is 1. The molecule has 0 bridgehead atoms. The molecule has 0 saturated carbocycles. The Hall–Kier alpha value is -1.14. The lowest BCUT2D eigenvalue weighted by Gasteiger charge is -2.22. The second-order valence-corrected chi connectivity index (χ2v) is 4.97. The highest BCUT2D eigenvalue weighted by molar-refractivity contribution is 9.10. The first-order chi connectivity index (χ1) is 7.85. The molecule has 94 valence electrons. The largest absolute Gasteiger partial charge is 0.478 e. The molecule has 1 heterocycles. The van der Waals surface area contributed by atoms with Gasteiger partial charge >= 0.3 is 5.97 Å². The lowest BCUT2D eigenvalue weighted by atomic mass is 10.0. The molecule has 0 saturated heterocycles. The Labute approximate surface area is 108 Å². The van der Waals surface area contributed by atoms with Crippen LogP contribution in [0.4, 0.5) is 5.82 Å². The van der Waals surface area contributed by atoms with Crippen LogP contribution in [0.3, 0.4) is 0 Å². The number of rotatable bonds is 5. The van der Waals surface area contributed by atoms with E-state index in [0.717, 1.165) is 0 Å². The maximum atomic E-state index is 11.0. The molecule has 0 fully saturated rings. The Balaban J connectivity index is 2.88. The summed E-state index contributed by atoms with van der Waals surface area (Å²) < 4.78 is 0.600. The number of nitrogens with zero attached hydrogens (tertiary/aromatic N) is 1. The molecule has 1 unspecified atom stereocenters. The van der Waals surface area contributed by atoms with Crippen LogP contribution in [0.2, 0.25) is 0 Å². The number of aliphatic hydroxyl groups is 1. The minimum Gasteiger partial charge on any atom is -0.478 e. The van der Waals surface area contributed by atoms with E-state index in [1.165, 1.54) is 12.3 Å². The highest BCUT2D eigenvalue weighted by Crippen LogP contribution is 2.19. The van der Waals surface area contributed by atoms with Crippen molar-refractivity contribution in [3.05, 3.63) is 22.3 Å². The Morgan fingerprint density at radius 1 is 1.65 bits per heavy atom. The fourth-order valence-electron chi connectivity index (χ4n) is 1.14. The first-order valence-electron chi connectivity index (χ1n) is 5.21. The van der Waals surface area contributed by atoms with Crippen molar-refractivity contribution in [3.63, 3.8) is 0 Å². The van der Waals surface area contributed by atoms with Gasteiger partial charge in [0, 0.05) is 17.2 Å². The number of aromatic carboxylic acids is 1. The van der Waals surface area contributed by atoms with E-state index in [0.29, 0.717) is 10.9 Å². The SMILES string of the molecule is CCC(C)(O)CNc1ncc(Br)cc1C(=O)O. The Morgan fingerprint density at radius 3 is 2.82 bits per heavy atom. The average molecular weight is 303 g/mol. The number of nitrogens with one attached hydrogen (secondary N) is 1. The molecule has 1 atom stereocenters. The summed E-state index contributed by atoms with van der Waals surface area (Å²) in [5.41, 5.74) is -0.809. The highest BCUT2D eigenvalue weighted by Gasteiger charge is 2.19. The van der Waals surface area contributed by atoms with Crippen molar-refractivity contribution >= 4 is 27.7 Å². The van der Waals surface area contributed by atoms with Crippen molar-refractivity contribution in [2.75, 3.05) is 11.9 Å². The minimum absolute atomic E-state index is 0.0753. The molecule has 0 radical (unpaired) electrons. The van der Waals surface area contributed by atoms with Crippen LogP contribution in [0.5, 0.6) is 0 Å². The molecule has 0 aliphatic heterocycles. The number of anilines is 1. The van der Waals surface area contributed by atoms with Crippen molar-refractivity contribution in [2.24, 2.45) is 0 Å². The van der Waals surface area contributed by atoms with Gasteiger partial charge in [0.15, 0.2) is 0 Å². The molecule has 1 aromatic heterocycles. The van der Waals surface area contributed by atoms with Crippen molar-refractivity contribution in [2.45, 2.75) is 25.9 Å². The van der Waals surface area contributed by atoms with Crippen molar-refractivity contribution in [1.82, 2.24) is 4.98 Å². The molecule has 0 amide bonds. The van der Waals surface area contributed by atoms with Gasteiger partial charge in [0.25, 0.3) is 0 Å². The summed E-state index contributed by atoms with van der Waals surface area (Å²) >= 11 is 3.17. The van der Waals surface area contributed by atoms with Gasteiger partial charge < -0.3 is 15.5 Å². The normalized spacial score (nSPS) is 14.1. The van der Waals surface area contributed by atoms with Gasteiger partial charge in [0.1, 0.15) is 11.4 Å². The summed E-state index contributed by atoms with van der Waals surface area (Å²) in [4.78, 5) is 15.0. The lowest BCUT2D eigenvalue weighted by molar-refractivity contribution is 0.0676. The van der Waals surface area contributed by atoms with E-state index >= 15 is 0 Å². The number of hydrogen-bond donors (Lipinski definition) is 3. The number of pyridine rings is 1. The molecule has 3 N–H and O–H groups in total. The molecule has 1 aromatic rings. The zero-order chi connectivity index (χ0) is 13.1. The first kappa shape index (κ1) is 13.9. The van der Waals surface area contributed by atoms with Crippen LogP contribution in [0.15, 0.2) is 16.7 Å². The molecule has 1 rings (SSSR count). The molecule has 17 heavy (non-hydrogen) atoms. The molecule has 5 nitrogen and oxygen atoms in total. The number of carbonyl (C=O) groups is 1. The van der Waals surface area contributed by atoms with Gasteiger partial charge in [-0.25, -0.2) is 9.78 Å². The molecule has 0 spiro atoms. The molecule has 0 aliphatic rings. The molecular weight excluding hydrogens is 288 g/mol. The summed E-state index contributed by atoms with van der Waals surface area (Å²) in [6, 6.07) is 1.47. The number of carboxylic acid groups (broad SMARTS) is 1. The second-order valence-electron chi connectivity index (χ2n) is 4.06. The van der Waals surface area contributed by atoms with Crippen molar-refractivity contribution in [1.29, 1.82) is 0 Å². The van der Waals surface area contributed by atoms with Gasteiger partial charge in [-0.1, -0.05) is 6.92 Å². The zero-order valence-corrected chi connectivity index (χ0v) is 11.3. The van der Waals surface area contributed by atoms with E-state index in [1.807, 2.05) is 6.92 Å². The van der Waals surface area contributed by atoms with E-state index in [1.54, 1.807) is 6.92 Å². The van der Waals surface area contributed by atoms with Gasteiger partial charge in [-0.15, -0.1) is 0 Å². The van der Waals surface area contributed by atoms with E-state index < -0.39 is 11.6 Å². The standard InChI is InChI=1S/C11H15BrN2O3/c1-3-11(2,17)6-14-9-8(10(15)16)4-7(12)5-13-9/h4-5,17H,3,6H2,1-2H3,(H,13,14)(H,15,16). The van der Waals surface area contributed by atoms with E-state index in [9.17, 15) is 9.90 Å². The summed E-state index contributed by atoms with van der Waals surface area (Å²) in [6.07, 6.45) is 2.08. The van der Waals surface area contributed by atoms with Crippen molar-refractivity contribution in [3.8, 4) is 0 Å². The number of aromatic nitrogens is 1. The van der Waals surface area contributed by atoms with Gasteiger partial charge in [-0.2, -0.15) is 0 Å². The van der Waals surface area contributed by atoms with Gasteiger partial charge in [0.05, 0.1) is 5.60 Å². The third-order valence-corrected chi connectivity index (χ3v) is 2.92. The van der Waals surface area contributed by atoms with E-state index in [-0.39, 0.29) is 17.9 Å². The Bertz CT molecular complexity index is 421. The fraction of sp³-hybridized carbons (Fsp3) is 0.455. The van der Waals surface area contributed by atoms with E-state index in [4.69, 9.17) is 5.11 Å². The highest BCUT2D eigenvalue weighted by atomic mass is 79.9. The summed E-state index contributed by atoms with van der Waals surface area (Å²) in [7, 11) is 0. The molecule has 0 aromatic carbocycles. The maximum absolute atomic E-state index is 11.0. The van der Waals surface area contributed by atoms with E-state index in [2.05, 4.69) is 26.2 Å². The summed E-state index contributed by atoms with van der Waals surface area (Å²) in [5.74, 6) is -0.799. The first-order valence-corrected chi connectivity index (χ1v) is 6.00. The van der Waals surface area contributed by atoms with Gasteiger partial charge in [-0.05, 0) is 35.3 Å². The van der Waals surface area contributed by atoms with Crippen molar-refractivity contribution < 1.29 is 15.0 Å². The van der Waals surface area contributed by atoms with Crippen LogP contribution in [0, 0.1) is 0 Å². The minimum atomic E-state index is -1.06. The third-order valence-electron chi connectivity index (χ3n) is 2.48. The molecular formula is C11H15BrN2O3. The predicted octanol–water partition coefficient (Wildman–Crippen LogP) is 2.12. The Kier molecular flexibility index (Phi) is 4.47. The van der Waals surface area contributed by atoms with Gasteiger partial charge in [0.2, 0.25) is 0 Å². The van der Waals surface area contributed by atoms with Crippen LogP contribution < -0.4 is 5.32 Å². The summed E-state index contributed by atoms with van der Waals surface area (Å²) in [5, 5.41) is 21.7.